The molecule has 1 fully saturated rings. The van der Waals surface area contributed by atoms with Gasteiger partial charge in [-0.2, -0.15) is 0 Å². The van der Waals surface area contributed by atoms with E-state index in [-0.39, 0.29) is 0 Å². The molecular weight excluding hydrogens is 250 g/mol. The zero-order valence-electron chi connectivity index (χ0n) is 12.1. The average Bonchev–Trinajstić information content (AvgIpc) is 2.79. The Labute approximate surface area is 119 Å². The van der Waals surface area contributed by atoms with Gasteiger partial charge in [0.05, 0.1) is 0 Å². The lowest BCUT2D eigenvalue weighted by atomic mass is 9.89. The normalized spacial score (nSPS) is 21.7. The monoisotopic (exact) mass is 271 g/mol. The molecule has 1 aromatic carbocycles. The van der Waals surface area contributed by atoms with Gasteiger partial charge in [0, 0.05) is 17.5 Å². The molecule has 3 rings (SSSR count). The van der Waals surface area contributed by atoms with Gasteiger partial charge in [0.1, 0.15) is 23.2 Å². The van der Waals surface area contributed by atoms with Gasteiger partial charge in [-0.05, 0) is 50.1 Å². The Balaban J connectivity index is 1.69. The third-order valence-electron chi connectivity index (χ3n) is 3.80. The second kappa shape index (κ2) is 5.33. The van der Waals surface area contributed by atoms with Crippen molar-refractivity contribution in [3.05, 3.63) is 36.6 Å². The molecule has 106 valence electrons. The highest BCUT2D eigenvalue weighted by atomic mass is 16.5. The van der Waals surface area contributed by atoms with E-state index in [9.17, 15) is 0 Å². The van der Waals surface area contributed by atoms with Crippen LogP contribution in [0.2, 0.25) is 0 Å². The number of nitrogens with one attached hydrogen (secondary N) is 1. The molecule has 1 aromatic heterocycles. The minimum Gasteiger partial charge on any atom is -0.490 e. The Morgan fingerprint density at radius 3 is 2.90 bits per heavy atom. The number of benzene rings is 1. The van der Waals surface area contributed by atoms with E-state index in [2.05, 4.69) is 18.8 Å². The predicted octanol–water partition coefficient (Wildman–Crippen LogP) is 3.99. The first-order valence-electron chi connectivity index (χ1n) is 7.25. The average molecular weight is 271 g/mol. The number of hydrogen-bond donors (Lipinski definition) is 1. The molecule has 1 saturated carbocycles. The quantitative estimate of drug-likeness (QED) is 0.893. The van der Waals surface area contributed by atoms with Crippen LogP contribution < -0.4 is 10.1 Å². The van der Waals surface area contributed by atoms with Crippen LogP contribution in [0.4, 0.5) is 0 Å². The number of furan rings is 1. The Kier molecular flexibility index (Phi) is 3.53. The summed E-state index contributed by atoms with van der Waals surface area (Å²) in [5.41, 5.74) is 1.80. The standard InChI is InChI=1S/C17H21NO2/c1-4-18-13-8-15(9-13)19-14-6-5-12-7-16(11(2)3)20-17(12)10-14/h5-7,10,13,15,18H,2,4,8-9H2,1,3H3. The molecule has 0 bridgehead atoms. The van der Waals surface area contributed by atoms with Crippen molar-refractivity contribution in [2.45, 2.75) is 38.8 Å². The number of fused-ring (bicyclic) bond motifs is 1. The van der Waals surface area contributed by atoms with Crippen LogP contribution in [-0.4, -0.2) is 18.7 Å². The van der Waals surface area contributed by atoms with Gasteiger partial charge in [-0.25, -0.2) is 0 Å². The molecule has 0 radical (unpaired) electrons. The molecule has 0 saturated heterocycles. The van der Waals surface area contributed by atoms with Gasteiger partial charge in [-0.15, -0.1) is 0 Å². The van der Waals surface area contributed by atoms with Crippen molar-refractivity contribution in [1.82, 2.24) is 5.32 Å². The van der Waals surface area contributed by atoms with Crippen molar-refractivity contribution in [1.29, 1.82) is 0 Å². The minimum atomic E-state index is 0.326. The second-order valence-electron chi connectivity index (χ2n) is 5.56. The summed E-state index contributed by atoms with van der Waals surface area (Å²) in [4.78, 5) is 0. The molecule has 1 heterocycles. The summed E-state index contributed by atoms with van der Waals surface area (Å²) in [5, 5.41) is 4.53. The third kappa shape index (κ3) is 2.59. The van der Waals surface area contributed by atoms with Crippen LogP contribution in [0.1, 0.15) is 32.4 Å². The first-order chi connectivity index (χ1) is 9.65. The van der Waals surface area contributed by atoms with Gasteiger partial charge < -0.3 is 14.5 Å². The summed E-state index contributed by atoms with van der Waals surface area (Å²) in [6.45, 7) is 9.02. The van der Waals surface area contributed by atoms with E-state index in [1.165, 1.54) is 0 Å². The molecule has 0 aliphatic heterocycles. The zero-order valence-corrected chi connectivity index (χ0v) is 12.1. The molecule has 0 amide bonds. The van der Waals surface area contributed by atoms with Gasteiger partial charge in [0.15, 0.2) is 0 Å². The lowest BCUT2D eigenvalue weighted by Crippen LogP contribution is -2.46. The molecule has 0 unspecified atom stereocenters. The first-order valence-corrected chi connectivity index (χ1v) is 7.25. The molecule has 0 spiro atoms. The number of allylic oxidation sites excluding steroid dienone is 1. The van der Waals surface area contributed by atoms with Crippen molar-refractivity contribution in [3.63, 3.8) is 0 Å². The molecule has 20 heavy (non-hydrogen) atoms. The molecule has 3 nitrogen and oxygen atoms in total. The Morgan fingerprint density at radius 2 is 2.20 bits per heavy atom. The van der Waals surface area contributed by atoms with Crippen LogP contribution in [0.5, 0.6) is 5.75 Å². The van der Waals surface area contributed by atoms with Crippen molar-refractivity contribution < 1.29 is 9.15 Å². The lowest BCUT2D eigenvalue weighted by Gasteiger charge is -2.35. The molecule has 1 N–H and O–H groups in total. The van der Waals surface area contributed by atoms with Crippen molar-refractivity contribution in [2.75, 3.05) is 6.54 Å². The van der Waals surface area contributed by atoms with Crippen LogP contribution in [0.3, 0.4) is 0 Å². The number of rotatable bonds is 5. The van der Waals surface area contributed by atoms with Gasteiger partial charge in [0.2, 0.25) is 0 Å². The van der Waals surface area contributed by atoms with E-state index in [1.807, 2.05) is 31.2 Å². The minimum absolute atomic E-state index is 0.326. The molecular formula is C17H21NO2. The van der Waals surface area contributed by atoms with Gasteiger partial charge in [0.25, 0.3) is 0 Å². The molecule has 3 heteroatoms. The topological polar surface area (TPSA) is 34.4 Å². The zero-order chi connectivity index (χ0) is 14.1. The summed E-state index contributed by atoms with van der Waals surface area (Å²) < 4.78 is 11.8. The van der Waals surface area contributed by atoms with E-state index < -0.39 is 0 Å². The Hall–Kier alpha value is -1.74. The Bertz CT molecular complexity index is 623. The highest BCUT2D eigenvalue weighted by Gasteiger charge is 2.30. The largest absolute Gasteiger partial charge is 0.490 e. The maximum Gasteiger partial charge on any atom is 0.138 e. The van der Waals surface area contributed by atoms with E-state index in [0.717, 1.165) is 47.4 Å². The molecule has 2 aromatic rings. The van der Waals surface area contributed by atoms with Crippen molar-refractivity contribution in [3.8, 4) is 5.75 Å². The van der Waals surface area contributed by atoms with Crippen molar-refractivity contribution >= 4 is 16.5 Å². The smallest absolute Gasteiger partial charge is 0.138 e. The summed E-state index contributed by atoms with van der Waals surface area (Å²) in [7, 11) is 0. The highest BCUT2D eigenvalue weighted by Crippen LogP contribution is 2.30. The predicted molar refractivity (Wildman–Crippen MR) is 82.0 cm³/mol. The Morgan fingerprint density at radius 1 is 1.40 bits per heavy atom. The van der Waals surface area contributed by atoms with Gasteiger partial charge >= 0.3 is 0 Å². The highest BCUT2D eigenvalue weighted by molar-refractivity contribution is 5.82. The lowest BCUT2D eigenvalue weighted by molar-refractivity contribution is 0.0860. The van der Waals surface area contributed by atoms with Crippen LogP contribution in [-0.2, 0) is 0 Å². The number of hydrogen-bond acceptors (Lipinski definition) is 3. The molecule has 1 aliphatic rings. The van der Waals surface area contributed by atoms with Crippen LogP contribution in [0.25, 0.3) is 16.5 Å². The summed E-state index contributed by atoms with van der Waals surface area (Å²) >= 11 is 0. The molecule has 1 aliphatic carbocycles. The number of ether oxygens (including phenoxy) is 1. The van der Waals surface area contributed by atoms with Gasteiger partial charge in [-0.3, -0.25) is 0 Å². The second-order valence-corrected chi connectivity index (χ2v) is 5.56. The summed E-state index contributed by atoms with van der Waals surface area (Å²) in [6, 6.07) is 8.67. The van der Waals surface area contributed by atoms with E-state index >= 15 is 0 Å². The van der Waals surface area contributed by atoms with Crippen molar-refractivity contribution in [2.24, 2.45) is 0 Å². The summed E-state index contributed by atoms with van der Waals surface area (Å²) in [6.07, 6.45) is 2.49. The SMILES string of the molecule is C=C(C)c1cc2ccc(OC3CC(NCC)C3)cc2o1. The summed E-state index contributed by atoms with van der Waals surface area (Å²) in [5.74, 6) is 1.73. The fourth-order valence-electron chi connectivity index (χ4n) is 2.60. The third-order valence-corrected chi connectivity index (χ3v) is 3.80. The fraction of sp³-hybridized carbons (Fsp3) is 0.412. The maximum absolute atomic E-state index is 5.98. The fourth-order valence-corrected chi connectivity index (χ4v) is 2.60. The van der Waals surface area contributed by atoms with Crippen LogP contribution >= 0.6 is 0 Å². The van der Waals surface area contributed by atoms with E-state index in [4.69, 9.17) is 9.15 Å². The van der Waals surface area contributed by atoms with Crippen LogP contribution in [0, 0.1) is 0 Å². The first kappa shape index (κ1) is 13.3. The molecule has 0 atom stereocenters. The van der Waals surface area contributed by atoms with E-state index in [1.54, 1.807) is 0 Å². The van der Waals surface area contributed by atoms with E-state index in [0.29, 0.717) is 12.1 Å². The van der Waals surface area contributed by atoms with Gasteiger partial charge in [-0.1, -0.05) is 13.5 Å². The van der Waals surface area contributed by atoms with Crippen LogP contribution in [0.15, 0.2) is 35.3 Å². The maximum atomic E-state index is 5.98.